The lowest BCUT2D eigenvalue weighted by Crippen LogP contribution is -2.13. The third kappa shape index (κ3) is 2.59. The van der Waals surface area contributed by atoms with Gasteiger partial charge >= 0.3 is 0 Å². The van der Waals surface area contributed by atoms with Gasteiger partial charge in [-0.15, -0.1) is 0 Å². The van der Waals surface area contributed by atoms with Crippen LogP contribution in [0.1, 0.15) is 6.42 Å². The number of nitrogens with zero attached hydrogens (tertiary/aromatic N) is 2. The van der Waals surface area contributed by atoms with Crippen molar-refractivity contribution in [1.82, 2.24) is 9.78 Å². The summed E-state index contributed by atoms with van der Waals surface area (Å²) in [5.74, 6) is 0.164. The summed E-state index contributed by atoms with van der Waals surface area (Å²) in [6.07, 6.45) is 3.77. The second-order valence-electron chi connectivity index (χ2n) is 2.20. The maximum absolute atomic E-state index is 6.95. The van der Waals surface area contributed by atoms with E-state index >= 15 is 0 Å². The fourth-order valence-corrected chi connectivity index (χ4v) is 0.852. The van der Waals surface area contributed by atoms with E-state index < -0.39 is 0 Å². The Morgan fingerprint density at radius 2 is 2.55 bits per heavy atom. The molecule has 1 aromatic heterocycles. The van der Waals surface area contributed by atoms with Crippen molar-refractivity contribution in [2.24, 2.45) is 5.73 Å². The molecule has 0 aliphatic heterocycles. The maximum atomic E-state index is 6.95. The molecule has 1 heterocycles. The molecular weight excluding hydrogens is 164 g/mol. The second-order valence-corrected chi connectivity index (χ2v) is 2.63. The molecule has 0 fully saturated rings. The van der Waals surface area contributed by atoms with Crippen LogP contribution in [0.15, 0.2) is 12.4 Å². The molecule has 1 rings (SSSR count). The van der Waals surface area contributed by atoms with Crippen LogP contribution in [-0.2, 0) is 6.54 Å². The Bertz CT molecular complexity index is 255. The fraction of sp³-hybridized carbons (Fsp3) is 0.333. The molecule has 0 aliphatic rings. The SMILES string of the molecule is N=C(N)CCn1cc(Cl)cn1. The summed E-state index contributed by atoms with van der Waals surface area (Å²) in [6, 6.07) is 0. The van der Waals surface area contributed by atoms with Gasteiger partial charge in [-0.05, 0) is 0 Å². The first-order valence-electron chi connectivity index (χ1n) is 3.19. The van der Waals surface area contributed by atoms with Gasteiger partial charge in [-0.25, -0.2) is 0 Å². The highest BCUT2D eigenvalue weighted by Gasteiger charge is 1.95. The van der Waals surface area contributed by atoms with Crippen LogP contribution in [0.3, 0.4) is 0 Å². The summed E-state index contributed by atoms with van der Waals surface area (Å²) in [7, 11) is 0. The van der Waals surface area contributed by atoms with Gasteiger partial charge in [0.2, 0.25) is 0 Å². The molecule has 11 heavy (non-hydrogen) atoms. The number of aryl methyl sites for hydroxylation is 1. The Morgan fingerprint density at radius 3 is 3.00 bits per heavy atom. The first kappa shape index (κ1) is 8.07. The molecule has 60 valence electrons. The van der Waals surface area contributed by atoms with Gasteiger partial charge in [0.15, 0.2) is 0 Å². The minimum atomic E-state index is 0.164. The quantitative estimate of drug-likeness (QED) is 0.525. The van der Waals surface area contributed by atoms with Crippen molar-refractivity contribution in [2.45, 2.75) is 13.0 Å². The zero-order valence-electron chi connectivity index (χ0n) is 5.92. The average Bonchev–Trinajstić information content (AvgIpc) is 2.31. The van der Waals surface area contributed by atoms with Crippen molar-refractivity contribution in [3.63, 3.8) is 0 Å². The third-order valence-electron chi connectivity index (χ3n) is 1.21. The lowest BCUT2D eigenvalue weighted by molar-refractivity contribution is 0.632. The van der Waals surface area contributed by atoms with Gasteiger partial charge in [-0.2, -0.15) is 5.10 Å². The highest BCUT2D eigenvalue weighted by Crippen LogP contribution is 2.04. The molecule has 4 nitrogen and oxygen atoms in total. The van der Waals surface area contributed by atoms with Gasteiger partial charge in [-0.3, -0.25) is 10.1 Å². The summed E-state index contributed by atoms with van der Waals surface area (Å²) in [6.45, 7) is 0.613. The molecule has 0 bridgehead atoms. The van der Waals surface area contributed by atoms with Crippen molar-refractivity contribution >= 4 is 17.4 Å². The first-order chi connectivity index (χ1) is 5.18. The average molecular weight is 173 g/mol. The van der Waals surface area contributed by atoms with Crippen LogP contribution in [0.5, 0.6) is 0 Å². The maximum Gasteiger partial charge on any atom is 0.0923 e. The van der Waals surface area contributed by atoms with Crippen LogP contribution in [-0.4, -0.2) is 15.6 Å². The van der Waals surface area contributed by atoms with Gasteiger partial charge in [0.25, 0.3) is 0 Å². The number of aromatic nitrogens is 2. The molecule has 0 amide bonds. The summed E-state index contributed by atoms with van der Waals surface area (Å²) in [4.78, 5) is 0. The van der Waals surface area contributed by atoms with Crippen LogP contribution >= 0.6 is 11.6 Å². The van der Waals surface area contributed by atoms with E-state index in [-0.39, 0.29) is 5.84 Å². The molecule has 5 heteroatoms. The van der Waals surface area contributed by atoms with E-state index in [4.69, 9.17) is 22.7 Å². The van der Waals surface area contributed by atoms with Crippen LogP contribution < -0.4 is 5.73 Å². The van der Waals surface area contributed by atoms with Crippen LogP contribution in [0.2, 0.25) is 5.02 Å². The van der Waals surface area contributed by atoms with Gasteiger partial charge in [0, 0.05) is 19.2 Å². The lowest BCUT2D eigenvalue weighted by atomic mass is 10.4. The minimum Gasteiger partial charge on any atom is -0.388 e. The third-order valence-corrected chi connectivity index (χ3v) is 1.41. The highest BCUT2D eigenvalue weighted by molar-refractivity contribution is 6.30. The zero-order valence-corrected chi connectivity index (χ0v) is 6.67. The monoisotopic (exact) mass is 172 g/mol. The molecule has 0 saturated carbocycles. The molecule has 0 aromatic carbocycles. The molecule has 0 aliphatic carbocycles. The van der Waals surface area contributed by atoms with Gasteiger partial charge in [0.1, 0.15) is 0 Å². The Hall–Kier alpha value is -1.03. The van der Waals surface area contributed by atoms with Crippen molar-refractivity contribution in [2.75, 3.05) is 0 Å². The number of nitrogens with two attached hydrogens (primary N) is 1. The summed E-state index contributed by atoms with van der Waals surface area (Å²) >= 11 is 5.61. The standard InChI is InChI=1S/C6H9ClN4/c7-5-3-10-11(4-5)2-1-6(8)9/h3-4H,1-2H2,(H3,8,9). The van der Waals surface area contributed by atoms with Gasteiger partial charge < -0.3 is 5.73 Å². The molecule has 3 N–H and O–H groups in total. The predicted molar refractivity (Wildman–Crippen MR) is 43.8 cm³/mol. The molecule has 0 spiro atoms. The Morgan fingerprint density at radius 1 is 1.82 bits per heavy atom. The predicted octanol–water partition coefficient (Wildman–Crippen LogP) is 0.863. The van der Waals surface area contributed by atoms with E-state index in [2.05, 4.69) is 5.10 Å². The molecule has 0 saturated heterocycles. The van der Waals surface area contributed by atoms with Crippen molar-refractivity contribution in [3.8, 4) is 0 Å². The van der Waals surface area contributed by atoms with Gasteiger partial charge in [0.05, 0.1) is 17.1 Å². The van der Waals surface area contributed by atoms with E-state index in [1.807, 2.05) is 0 Å². The van der Waals surface area contributed by atoms with E-state index in [0.717, 1.165) is 0 Å². The van der Waals surface area contributed by atoms with Crippen LogP contribution in [0, 0.1) is 5.41 Å². The minimum absolute atomic E-state index is 0.164. The fourth-order valence-electron chi connectivity index (χ4n) is 0.696. The lowest BCUT2D eigenvalue weighted by Gasteiger charge is -1.97. The van der Waals surface area contributed by atoms with Crippen molar-refractivity contribution in [3.05, 3.63) is 17.4 Å². The van der Waals surface area contributed by atoms with Crippen molar-refractivity contribution in [1.29, 1.82) is 5.41 Å². The number of nitrogens with one attached hydrogen (secondary N) is 1. The molecule has 0 atom stereocenters. The first-order valence-corrected chi connectivity index (χ1v) is 3.57. The van der Waals surface area contributed by atoms with Crippen LogP contribution in [0.25, 0.3) is 0 Å². The van der Waals surface area contributed by atoms with E-state index in [1.54, 1.807) is 17.1 Å². The number of amidine groups is 1. The molecule has 1 aromatic rings. The normalized spacial score (nSPS) is 9.91. The molecular formula is C6H9ClN4. The number of hydrogen-bond acceptors (Lipinski definition) is 2. The van der Waals surface area contributed by atoms with E-state index in [1.165, 1.54) is 0 Å². The molecule has 0 radical (unpaired) electrons. The summed E-state index contributed by atoms with van der Waals surface area (Å²) in [5, 5.41) is 11.5. The number of rotatable bonds is 3. The van der Waals surface area contributed by atoms with Crippen molar-refractivity contribution < 1.29 is 0 Å². The molecule has 0 unspecified atom stereocenters. The second kappa shape index (κ2) is 3.39. The van der Waals surface area contributed by atoms with E-state index in [0.29, 0.717) is 18.0 Å². The largest absolute Gasteiger partial charge is 0.388 e. The Balaban J connectivity index is 2.45. The van der Waals surface area contributed by atoms with Gasteiger partial charge in [-0.1, -0.05) is 11.6 Å². The van der Waals surface area contributed by atoms with E-state index in [9.17, 15) is 0 Å². The summed E-state index contributed by atoms with van der Waals surface area (Å²) < 4.78 is 1.66. The number of halogens is 1. The Kier molecular flexibility index (Phi) is 2.48. The highest BCUT2D eigenvalue weighted by atomic mass is 35.5. The van der Waals surface area contributed by atoms with Crippen LogP contribution in [0.4, 0.5) is 0 Å². The summed E-state index contributed by atoms with van der Waals surface area (Å²) in [5.41, 5.74) is 5.16. The number of hydrogen-bond donors (Lipinski definition) is 2. The Labute approximate surface area is 69.5 Å². The zero-order chi connectivity index (χ0) is 8.27. The topological polar surface area (TPSA) is 67.7 Å². The smallest absolute Gasteiger partial charge is 0.0923 e.